The van der Waals surface area contributed by atoms with Crippen molar-refractivity contribution in [1.29, 1.82) is 0 Å². The lowest BCUT2D eigenvalue weighted by Crippen LogP contribution is -2.39. The Morgan fingerprint density at radius 2 is 2.13 bits per heavy atom. The van der Waals surface area contributed by atoms with Gasteiger partial charge in [0.2, 0.25) is 0 Å². The zero-order chi connectivity index (χ0) is 11.1. The molecule has 0 spiro atoms. The average molecular weight is 210 g/mol. The number of rotatable bonds is 6. The van der Waals surface area contributed by atoms with E-state index < -0.39 is 0 Å². The normalized spacial score (nSPS) is 21.1. The van der Waals surface area contributed by atoms with E-state index in [1.165, 1.54) is 12.8 Å². The Balaban J connectivity index is 2.07. The molecule has 3 heteroatoms. The van der Waals surface area contributed by atoms with Crippen molar-refractivity contribution < 1.29 is 5.11 Å². The second-order valence-electron chi connectivity index (χ2n) is 4.38. The van der Waals surface area contributed by atoms with Crippen LogP contribution in [0.25, 0.3) is 0 Å². The summed E-state index contributed by atoms with van der Waals surface area (Å²) in [5.74, 6) is 2.61. The monoisotopic (exact) mass is 210 g/mol. The van der Waals surface area contributed by atoms with Crippen molar-refractivity contribution in [3.05, 3.63) is 0 Å². The van der Waals surface area contributed by atoms with Gasteiger partial charge in [-0.25, -0.2) is 0 Å². The predicted molar refractivity (Wildman–Crippen MR) is 62.6 cm³/mol. The van der Waals surface area contributed by atoms with Crippen LogP contribution in [0.1, 0.15) is 26.2 Å². The molecule has 0 aromatic carbocycles. The maximum absolute atomic E-state index is 9.77. The molecule has 1 aliphatic rings. The Morgan fingerprint density at radius 1 is 1.47 bits per heavy atom. The lowest BCUT2D eigenvalue weighted by atomic mass is 10.2. The third kappa shape index (κ3) is 5.17. The number of terminal acetylenes is 1. The Labute approximate surface area is 92.9 Å². The molecule has 1 aliphatic heterocycles. The summed E-state index contributed by atoms with van der Waals surface area (Å²) in [5.41, 5.74) is 0. The summed E-state index contributed by atoms with van der Waals surface area (Å²) in [5, 5.41) is 13.0. The molecule has 3 nitrogen and oxygen atoms in total. The maximum Gasteiger partial charge on any atom is 0.0791 e. The van der Waals surface area contributed by atoms with Gasteiger partial charge in [-0.1, -0.05) is 0 Å². The molecule has 0 aromatic heterocycles. The number of hydrogen-bond donors (Lipinski definition) is 2. The van der Waals surface area contributed by atoms with Crippen LogP contribution in [-0.2, 0) is 0 Å². The van der Waals surface area contributed by atoms with Crippen LogP contribution in [0.5, 0.6) is 0 Å². The van der Waals surface area contributed by atoms with Crippen LogP contribution in [0, 0.1) is 12.3 Å². The molecule has 2 atom stereocenters. The van der Waals surface area contributed by atoms with Gasteiger partial charge < -0.3 is 15.3 Å². The second-order valence-corrected chi connectivity index (χ2v) is 4.38. The quantitative estimate of drug-likeness (QED) is 0.625. The molecule has 0 saturated carbocycles. The van der Waals surface area contributed by atoms with Crippen LogP contribution >= 0.6 is 0 Å². The van der Waals surface area contributed by atoms with Crippen LogP contribution in [-0.4, -0.2) is 48.3 Å². The minimum atomic E-state index is -0.275. The van der Waals surface area contributed by atoms with Gasteiger partial charge in [0, 0.05) is 25.6 Å². The molecule has 0 aromatic rings. The van der Waals surface area contributed by atoms with Crippen LogP contribution in [0.3, 0.4) is 0 Å². The fourth-order valence-electron chi connectivity index (χ4n) is 1.91. The van der Waals surface area contributed by atoms with Gasteiger partial charge in [-0.2, -0.15) is 0 Å². The molecule has 1 fully saturated rings. The Kier molecular flexibility index (Phi) is 5.70. The van der Waals surface area contributed by atoms with E-state index in [9.17, 15) is 5.11 Å². The van der Waals surface area contributed by atoms with E-state index >= 15 is 0 Å². The zero-order valence-electron chi connectivity index (χ0n) is 9.58. The van der Waals surface area contributed by atoms with E-state index in [1.807, 2.05) is 6.92 Å². The predicted octanol–water partition coefficient (Wildman–Crippen LogP) is 0.444. The van der Waals surface area contributed by atoms with Crippen LogP contribution in [0.15, 0.2) is 0 Å². The summed E-state index contributed by atoms with van der Waals surface area (Å²) in [6, 6.07) is 0.295. The third-order valence-electron chi connectivity index (χ3n) is 2.79. The molecular formula is C12H22N2O. The number of β-amino-alcohol motifs (C(OH)–C–C–N with tert-alkyl or cyclic N) is 1. The summed E-state index contributed by atoms with van der Waals surface area (Å²) in [7, 11) is 0. The number of aliphatic hydroxyl groups is 1. The van der Waals surface area contributed by atoms with Crippen LogP contribution in [0.2, 0.25) is 0 Å². The van der Waals surface area contributed by atoms with Crippen molar-refractivity contribution >= 4 is 0 Å². The van der Waals surface area contributed by atoms with E-state index in [0.29, 0.717) is 12.6 Å². The van der Waals surface area contributed by atoms with Gasteiger partial charge in [-0.3, -0.25) is 0 Å². The summed E-state index contributed by atoms with van der Waals surface area (Å²) < 4.78 is 0. The lowest BCUT2D eigenvalue weighted by molar-refractivity contribution is 0.121. The first-order valence-corrected chi connectivity index (χ1v) is 5.79. The van der Waals surface area contributed by atoms with Crippen molar-refractivity contribution in [2.24, 2.45) is 0 Å². The Hall–Kier alpha value is -0.560. The topological polar surface area (TPSA) is 35.5 Å². The number of aliphatic hydroxyl groups excluding tert-OH is 1. The highest BCUT2D eigenvalue weighted by atomic mass is 16.3. The molecule has 0 amide bonds. The van der Waals surface area contributed by atoms with Crippen LogP contribution in [0.4, 0.5) is 0 Å². The molecule has 1 heterocycles. The molecule has 1 rings (SSSR count). The number of hydrogen-bond acceptors (Lipinski definition) is 3. The first-order chi connectivity index (χ1) is 7.22. The summed E-state index contributed by atoms with van der Waals surface area (Å²) in [4.78, 5) is 2.32. The average Bonchev–Trinajstić information content (AvgIpc) is 2.68. The minimum Gasteiger partial charge on any atom is -0.390 e. The molecule has 0 radical (unpaired) electrons. The van der Waals surface area contributed by atoms with Gasteiger partial charge in [-0.15, -0.1) is 12.3 Å². The largest absolute Gasteiger partial charge is 0.390 e. The highest BCUT2D eigenvalue weighted by Gasteiger charge is 2.15. The molecule has 2 unspecified atom stereocenters. The number of likely N-dealkylation sites (tertiary alicyclic amines) is 1. The van der Waals surface area contributed by atoms with E-state index in [1.54, 1.807) is 0 Å². The highest BCUT2D eigenvalue weighted by molar-refractivity contribution is 4.88. The second kappa shape index (κ2) is 6.84. The molecule has 0 aliphatic carbocycles. The van der Waals surface area contributed by atoms with Gasteiger partial charge in [0.15, 0.2) is 0 Å². The number of nitrogens with one attached hydrogen (secondary N) is 1. The van der Waals surface area contributed by atoms with Crippen molar-refractivity contribution in [3.8, 4) is 12.3 Å². The highest BCUT2D eigenvalue weighted by Crippen LogP contribution is 2.07. The van der Waals surface area contributed by atoms with Gasteiger partial charge in [-0.05, 0) is 32.9 Å². The minimum absolute atomic E-state index is 0.275. The zero-order valence-corrected chi connectivity index (χ0v) is 9.58. The smallest absolute Gasteiger partial charge is 0.0791 e. The van der Waals surface area contributed by atoms with Crippen molar-refractivity contribution in [2.45, 2.75) is 38.3 Å². The van der Waals surface area contributed by atoms with Crippen molar-refractivity contribution in [3.63, 3.8) is 0 Å². The van der Waals surface area contributed by atoms with E-state index in [2.05, 4.69) is 16.1 Å². The molecular weight excluding hydrogens is 188 g/mol. The fourth-order valence-corrected chi connectivity index (χ4v) is 1.91. The Bertz CT molecular complexity index is 206. The van der Waals surface area contributed by atoms with Gasteiger partial charge in [0.1, 0.15) is 0 Å². The van der Waals surface area contributed by atoms with Crippen LogP contribution < -0.4 is 5.32 Å². The number of nitrogens with zero attached hydrogens (tertiary/aromatic N) is 1. The van der Waals surface area contributed by atoms with Crippen molar-refractivity contribution in [1.82, 2.24) is 10.2 Å². The third-order valence-corrected chi connectivity index (χ3v) is 2.79. The van der Waals surface area contributed by atoms with Crippen molar-refractivity contribution in [2.75, 3.05) is 26.2 Å². The standard InChI is InChI=1S/C12H22N2O/c1-3-6-11(2)13-9-12(15)10-14-7-4-5-8-14/h1,11-13,15H,4-10H2,2H3. The Morgan fingerprint density at radius 3 is 2.73 bits per heavy atom. The molecule has 15 heavy (non-hydrogen) atoms. The first kappa shape index (κ1) is 12.5. The van der Waals surface area contributed by atoms with E-state index in [-0.39, 0.29) is 6.10 Å². The summed E-state index contributed by atoms with van der Waals surface area (Å²) in [6.07, 6.45) is 8.19. The lowest BCUT2D eigenvalue weighted by Gasteiger charge is -2.21. The van der Waals surface area contributed by atoms with Gasteiger partial charge in [0.25, 0.3) is 0 Å². The summed E-state index contributed by atoms with van der Waals surface area (Å²) in [6.45, 7) is 5.74. The molecule has 0 bridgehead atoms. The molecule has 2 N–H and O–H groups in total. The maximum atomic E-state index is 9.77. The van der Waals surface area contributed by atoms with Gasteiger partial charge in [0.05, 0.1) is 6.10 Å². The molecule has 1 saturated heterocycles. The van der Waals surface area contributed by atoms with E-state index in [0.717, 1.165) is 26.1 Å². The summed E-state index contributed by atoms with van der Waals surface area (Å²) >= 11 is 0. The fraction of sp³-hybridized carbons (Fsp3) is 0.833. The SMILES string of the molecule is C#CCC(C)NCC(O)CN1CCCC1. The van der Waals surface area contributed by atoms with E-state index in [4.69, 9.17) is 6.42 Å². The molecule has 86 valence electrons. The van der Waals surface area contributed by atoms with Gasteiger partial charge >= 0.3 is 0 Å². The first-order valence-electron chi connectivity index (χ1n) is 5.79.